The van der Waals surface area contributed by atoms with Crippen molar-refractivity contribution in [1.29, 1.82) is 5.26 Å². The van der Waals surface area contributed by atoms with Gasteiger partial charge in [-0.05, 0) is 48.6 Å². The van der Waals surface area contributed by atoms with E-state index in [-0.39, 0.29) is 0 Å². The topological polar surface area (TPSA) is 27.0 Å². The molecule has 1 heterocycles. The van der Waals surface area contributed by atoms with Gasteiger partial charge in [-0.25, -0.2) is 0 Å². The van der Waals surface area contributed by atoms with Crippen LogP contribution < -0.4 is 4.90 Å². The lowest BCUT2D eigenvalue weighted by atomic mass is 10.0. The minimum absolute atomic E-state index is 0.788. The first-order valence-electron chi connectivity index (χ1n) is 7.10. The first-order valence-corrected chi connectivity index (χ1v) is 7.10. The maximum absolute atomic E-state index is 9.34. The summed E-state index contributed by atoms with van der Waals surface area (Å²) in [6.45, 7) is 3.99. The SMILES string of the molecule is Cc1ccc(N2CCc3ccccc3CC2)c(C#N)c1. The molecular weight excluding hydrogens is 244 g/mol. The predicted molar refractivity (Wildman–Crippen MR) is 82.0 cm³/mol. The Labute approximate surface area is 120 Å². The van der Waals surface area contributed by atoms with Crippen molar-refractivity contribution in [1.82, 2.24) is 0 Å². The van der Waals surface area contributed by atoms with E-state index in [1.165, 1.54) is 11.1 Å². The van der Waals surface area contributed by atoms with Crippen molar-refractivity contribution < 1.29 is 0 Å². The average molecular weight is 262 g/mol. The monoisotopic (exact) mass is 262 g/mol. The number of benzene rings is 2. The zero-order valence-corrected chi connectivity index (χ0v) is 11.8. The highest BCUT2D eigenvalue weighted by atomic mass is 15.1. The van der Waals surface area contributed by atoms with Crippen LogP contribution in [0.5, 0.6) is 0 Å². The van der Waals surface area contributed by atoms with Crippen molar-refractivity contribution in [2.45, 2.75) is 19.8 Å². The maximum Gasteiger partial charge on any atom is 0.101 e. The lowest BCUT2D eigenvalue weighted by Crippen LogP contribution is -2.26. The van der Waals surface area contributed by atoms with Gasteiger partial charge in [0.2, 0.25) is 0 Å². The molecule has 0 radical (unpaired) electrons. The van der Waals surface area contributed by atoms with Gasteiger partial charge in [0.15, 0.2) is 0 Å². The van der Waals surface area contributed by atoms with Crippen molar-refractivity contribution in [3.63, 3.8) is 0 Å². The molecule has 0 saturated heterocycles. The summed E-state index contributed by atoms with van der Waals surface area (Å²) < 4.78 is 0. The van der Waals surface area contributed by atoms with Gasteiger partial charge in [0, 0.05) is 13.1 Å². The van der Waals surface area contributed by atoms with Crippen LogP contribution in [0.4, 0.5) is 5.69 Å². The largest absolute Gasteiger partial charge is 0.370 e. The van der Waals surface area contributed by atoms with Gasteiger partial charge in [-0.3, -0.25) is 0 Å². The molecular formula is C18H18N2. The lowest BCUT2D eigenvalue weighted by Gasteiger charge is -2.23. The number of fused-ring (bicyclic) bond motifs is 1. The van der Waals surface area contributed by atoms with Crippen molar-refractivity contribution >= 4 is 5.69 Å². The molecule has 0 spiro atoms. The number of nitriles is 1. The average Bonchev–Trinajstić information content (AvgIpc) is 2.70. The third-order valence-corrected chi connectivity index (χ3v) is 4.03. The number of hydrogen-bond acceptors (Lipinski definition) is 2. The van der Waals surface area contributed by atoms with E-state index in [2.05, 4.69) is 47.4 Å². The van der Waals surface area contributed by atoms with Crippen LogP contribution in [0.3, 0.4) is 0 Å². The molecule has 0 saturated carbocycles. The summed E-state index contributed by atoms with van der Waals surface area (Å²) in [5.74, 6) is 0. The zero-order valence-electron chi connectivity index (χ0n) is 11.8. The molecule has 0 fully saturated rings. The molecule has 0 aromatic heterocycles. The van der Waals surface area contributed by atoms with Crippen LogP contribution >= 0.6 is 0 Å². The van der Waals surface area contributed by atoms with Crippen LogP contribution in [0.15, 0.2) is 42.5 Å². The van der Waals surface area contributed by atoms with Crippen LogP contribution in [-0.2, 0) is 12.8 Å². The van der Waals surface area contributed by atoms with Gasteiger partial charge in [0.1, 0.15) is 6.07 Å². The quantitative estimate of drug-likeness (QED) is 0.787. The smallest absolute Gasteiger partial charge is 0.101 e. The Bertz CT molecular complexity index is 640. The number of nitrogens with zero attached hydrogens (tertiary/aromatic N) is 2. The summed E-state index contributed by atoms with van der Waals surface area (Å²) in [5.41, 5.74) is 5.89. The van der Waals surface area contributed by atoms with Crippen molar-refractivity contribution in [2.24, 2.45) is 0 Å². The van der Waals surface area contributed by atoms with E-state index in [0.29, 0.717) is 0 Å². The van der Waals surface area contributed by atoms with E-state index in [0.717, 1.165) is 42.7 Å². The van der Waals surface area contributed by atoms with Crippen LogP contribution in [0, 0.1) is 18.3 Å². The van der Waals surface area contributed by atoms with E-state index < -0.39 is 0 Å². The minimum atomic E-state index is 0.788. The highest BCUT2D eigenvalue weighted by Gasteiger charge is 2.16. The molecule has 3 rings (SSSR count). The fourth-order valence-electron chi connectivity index (χ4n) is 2.92. The Balaban J connectivity index is 1.89. The van der Waals surface area contributed by atoms with Gasteiger partial charge >= 0.3 is 0 Å². The van der Waals surface area contributed by atoms with Crippen molar-refractivity contribution in [2.75, 3.05) is 18.0 Å². The van der Waals surface area contributed by atoms with Gasteiger partial charge in [-0.2, -0.15) is 5.26 Å². The summed E-state index contributed by atoms with van der Waals surface area (Å²) in [4.78, 5) is 2.35. The molecule has 100 valence electrons. The van der Waals surface area contributed by atoms with Crippen LogP contribution in [0.2, 0.25) is 0 Å². The Morgan fingerprint density at radius 3 is 2.25 bits per heavy atom. The highest BCUT2D eigenvalue weighted by Crippen LogP contribution is 2.25. The highest BCUT2D eigenvalue weighted by molar-refractivity contribution is 5.61. The first-order chi connectivity index (χ1) is 9.78. The minimum Gasteiger partial charge on any atom is -0.370 e. The Kier molecular flexibility index (Phi) is 3.43. The summed E-state index contributed by atoms with van der Waals surface area (Å²) in [6, 6.07) is 17.2. The van der Waals surface area contributed by atoms with E-state index in [9.17, 15) is 5.26 Å². The second-order valence-electron chi connectivity index (χ2n) is 5.39. The summed E-state index contributed by atoms with van der Waals surface area (Å²) in [5, 5.41) is 9.34. The third-order valence-electron chi connectivity index (χ3n) is 4.03. The van der Waals surface area contributed by atoms with Crippen molar-refractivity contribution in [3.8, 4) is 6.07 Å². The molecule has 0 aliphatic carbocycles. The molecule has 0 bridgehead atoms. The Morgan fingerprint density at radius 1 is 1.00 bits per heavy atom. The maximum atomic E-state index is 9.34. The molecule has 0 N–H and O–H groups in total. The number of hydrogen-bond donors (Lipinski definition) is 0. The molecule has 1 aliphatic heterocycles. The number of anilines is 1. The van der Waals surface area contributed by atoms with Gasteiger partial charge in [-0.1, -0.05) is 30.3 Å². The van der Waals surface area contributed by atoms with Crippen LogP contribution in [0.1, 0.15) is 22.3 Å². The van der Waals surface area contributed by atoms with E-state index >= 15 is 0 Å². The summed E-state index contributed by atoms with van der Waals surface area (Å²) >= 11 is 0. The van der Waals surface area contributed by atoms with Gasteiger partial charge < -0.3 is 4.90 Å². The fraction of sp³-hybridized carbons (Fsp3) is 0.278. The molecule has 2 aromatic carbocycles. The van der Waals surface area contributed by atoms with Gasteiger partial charge in [0.05, 0.1) is 11.3 Å². The van der Waals surface area contributed by atoms with Crippen LogP contribution in [-0.4, -0.2) is 13.1 Å². The molecule has 0 unspecified atom stereocenters. The summed E-state index contributed by atoms with van der Waals surface area (Å²) in [7, 11) is 0. The molecule has 0 atom stereocenters. The second kappa shape index (κ2) is 5.38. The van der Waals surface area contributed by atoms with E-state index in [4.69, 9.17) is 0 Å². The Hall–Kier alpha value is -2.27. The summed E-state index contributed by atoms with van der Waals surface area (Å²) in [6.07, 6.45) is 2.10. The third kappa shape index (κ3) is 2.40. The van der Waals surface area contributed by atoms with Crippen molar-refractivity contribution in [3.05, 3.63) is 64.7 Å². The van der Waals surface area contributed by atoms with E-state index in [1.807, 2.05) is 13.0 Å². The standard InChI is InChI=1S/C18H18N2/c1-14-6-7-18(17(12-14)13-19)20-10-8-15-4-2-3-5-16(15)9-11-20/h2-7,12H,8-11H2,1H3. The normalized spacial score (nSPS) is 14.3. The number of rotatable bonds is 1. The van der Waals surface area contributed by atoms with E-state index in [1.54, 1.807) is 0 Å². The molecule has 0 amide bonds. The molecule has 1 aliphatic rings. The predicted octanol–water partition coefficient (Wildman–Crippen LogP) is 3.47. The molecule has 2 aromatic rings. The lowest BCUT2D eigenvalue weighted by molar-refractivity contribution is 0.804. The van der Waals surface area contributed by atoms with Crippen LogP contribution in [0.25, 0.3) is 0 Å². The fourth-order valence-corrected chi connectivity index (χ4v) is 2.92. The number of aryl methyl sites for hydroxylation is 1. The second-order valence-corrected chi connectivity index (χ2v) is 5.39. The van der Waals surface area contributed by atoms with Gasteiger partial charge in [0.25, 0.3) is 0 Å². The Morgan fingerprint density at radius 2 is 1.65 bits per heavy atom. The molecule has 2 nitrogen and oxygen atoms in total. The van der Waals surface area contributed by atoms with Gasteiger partial charge in [-0.15, -0.1) is 0 Å². The first kappa shape index (κ1) is 12.7. The molecule has 2 heteroatoms. The zero-order chi connectivity index (χ0) is 13.9. The molecule has 20 heavy (non-hydrogen) atoms.